The van der Waals surface area contributed by atoms with Gasteiger partial charge in [-0.05, 0) is 37.3 Å². The molecule has 0 aliphatic heterocycles. The number of benzene rings is 1. The molecule has 2 unspecified atom stereocenters. The number of nitrogens with one attached hydrogen (secondary N) is 1. The summed E-state index contributed by atoms with van der Waals surface area (Å²) < 4.78 is 31.8. The Hall–Kier alpha value is -1.44. The smallest absolute Gasteiger partial charge is 0.339 e. The van der Waals surface area contributed by atoms with Gasteiger partial charge in [0.1, 0.15) is 0 Å². The Bertz CT molecular complexity index is 614. The van der Waals surface area contributed by atoms with Gasteiger partial charge in [0.25, 0.3) is 0 Å². The average molecular weight is 313 g/mol. The molecule has 2 rings (SSSR count). The van der Waals surface area contributed by atoms with Crippen LogP contribution >= 0.6 is 0 Å². The summed E-state index contributed by atoms with van der Waals surface area (Å²) in [5.74, 6) is -0.563. The first-order chi connectivity index (χ1) is 9.94. The number of aliphatic hydroxyl groups is 1. The van der Waals surface area contributed by atoms with Gasteiger partial charge in [-0.3, -0.25) is 0 Å². The molecule has 1 aliphatic carbocycles. The lowest BCUT2D eigenvalue weighted by Gasteiger charge is -2.13. The molecule has 2 atom stereocenters. The lowest BCUT2D eigenvalue weighted by atomic mass is 10.1. The van der Waals surface area contributed by atoms with Crippen LogP contribution in [0.5, 0.6) is 0 Å². The van der Waals surface area contributed by atoms with Crippen LogP contribution in [0.3, 0.4) is 0 Å². The van der Waals surface area contributed by atoms with Crippen LogP contribution in [0.2, 0.25) is 0 Å². The number of hydrogen-bond donors (Lipinski definition) is 2. The van der Waals surface area contributed by atoms with Crippen molar-refractivity contribution in [2.45, 2.75) is 30.3 Å². The molecule has 1 fully saturated rings. The van der Waals surface area contributed by atoms with Crippen molar-refractivity contribution in [3.8, 4) is 0 Å². The standard InChI is InChI=1S/C14H19NO5S/c1-20-14(17)12-4-2-3-5-13(12)21(18,19)15-9-10-6-7-11(16)8-10/h2-5,10-11,15-16H,6-9H2,1H3. The predicted octanol–water partition coefficient (Wildman–Crippen LogP) is 0.912. The number of esters is 1. The van der Waals surface area contributed by atoms with Crippen molar-refractivity contribution in [1.29, 1.82) is 0 Å². The van der Waals surface area contributed by atoms with E-state index in [1.165, 1.54) is 19.2 Å². The molecule has 1 saturated carbocycles. The van der Waals surface area contributed by atoms with Crippen LogP contribution in [-0.4, -0.2) is 39.3 Å². The van der Waals surface area contributed by atoms with Gasteiger partial charge in [-0.2, -0.15) is 0 Å². The summed E-state index contributed by atoms with van der Waals surface area (Å²) in [6.45, 7) is 0.259. The van der Waals surface area contributed by atoms with Crippen molar-refractivity contribution in [1.82, 2.24) is 4.72 Å². The van der Waals surface area contributed by atoms with Crippen molar-refractivity contribution < 1.29 is 23.1 Å². The first-order valence-electron chi connectivity index (χ1n) is 6.79. The summed E-state index contributed by atoms with van der Waals surface area (Å²) in [6.07, 6.45) is 1.75. The third-order valence-corrected chi connectivity index (χ3v) is 5.14. The van der Waals surface area contributed by atoms with Gasteiger partial charge in [-0.25, -0.2) is 17.9 Å². The molecule has 21 heavy (non-hydrogen) atoms. The fraction of sp³-hybridized carbons (Fsp3) is 0.500. The van der Waals surface area contributed by atoms with E-state index in [1.54, 1.807) is 12.1 Å². The first-order valence-corrected chi connectivity index (χ1v) is 8.27. The highest BCUT2D eigenvalue weighted by Gasteiger charge is 2.26. The molecule has 1 aromatic rings. The zero-order chi connectivity index (χ0) is 15.5. The predicted molar refractivity (Wildman–Crippen MR) is 76.3 cm³/mol. The third-order valence-electron chi connectivity index (χ3n) is 3.66. The zero-order valence-electron chi connectivity index (χ0n) is 11.8. The lowest BCUT2D eigenvalue weighted by molar-refractivity contribution is 0.0596. The Morgan fingerprint density at radius 3 is 2.71 bits per heavy atom. The molecular formula is C14H19NO5S. The second kappa shape index (κ2) is 6.55. The van der Waals surface area contributed by atoms with Gasteiger partial charge in [-0.1, -0.05) is 12.1 Å². The maximum absolute atomic E-state index is 12.3. The molecular weight excluding hydrogens is 294 g/mol. The molecule has 0 heterocycles. The van der Waals surface area contributed by atoms with Crippen molar-refractivity contribution in [3.63, 3.8) is 0 Å². The number of rotatable bonds is 5. The van der Waals surface area contributed by atoms with E-state index >= 15 is 0 Å². The van der Waals surface area contributed by atoms with Crippen LogP contribution in [0.25, 0.3) is 0 Å². The normalized spacial score (nSPS) is 22.2. The molecule has 0 saturated heterocycles. The maximum atomic E-state index is 12.3. The number of sulfonamides is 1. The molecule has 0 aromatic heterocycles. The van der Waals surface area contributed by atoms with E-state index in [2.05, 4.69) is 9.46 Å². The van der Waals surface area contributed by atoms with E-state index in [0.29, 0.717) is 12.8 Å². The highest BCUT2D eigenvalue weighted by molar-refractivity contribution is 7.89. The van der Waals surface area contributed by atoms with Crippen LogP contribution in [0, 0.1) is 5.92 Å². The van der Waals surface area contributed by atoms with Gasteiger partial charge < -0.3 is 9.84 Å². The molecule has 0 amide bonds. The summed E-state index contributed by atoms with van der Waals surface area (Å²) in [7, 11) is -2.58. The monoisotopic (exact) mass is 313 g/mol. The summed E-state index contributed by atoms with van der Waals surface area (Å²) in [5, 5.41) is 9.46. The Balaban J connectivity index is 2.14. The number of hydrogen-bond acceptors (Lipinski definition) is 5. The summed E-state index contributed by atoms with van der Waals surface area (Å²) >= 11 is 0. The highest BCUT2D eigenvalue weighted by Crippen LogP contribution is 2.25. The Morgan fingerprint density at radius 2 is 2.10 bits per heavy atom. The van der Waals surface area contributed by atoms with Crippen LogP contribution in [0.15, 0.2) is 29.2 Å². The molecule has 116 valence electrons. The van der Waals surface area contributed by atoms with E-state index in [-0.39, 0.29) is 29.0 Å². The minimum atomic E-state index is -3.78. The second-order valence-electron chi connectivity index (χ2n) is 5.17. The summed E-state index contributed by atoms with van der Waals surface area (Å²) in [4.78, 5) is 11.5. The first kappa shape index (κ1) is 15.9. The molecule has 7 heteroatoms. The van der Waals surface area contributed by atoms with Gasteiger partial charge in [-0.15, -0.1) is 0 Å². The average Bonchev–Trinajstić information content (AvgIpc) is 2.90. The zero-order valence-corrected chi connectivity index (χ0v) is 12.6. The van der Waals surface area contributed by atoms with Crippen molar-refractivity contribution in [3.05, 3.63) is 29.8 Å². The molecule has 0 spiro atoms. The number of carbonyl (C=O) groups excluding carboxylic acids is 1. The van der Waals surface area contributed by atoms with Gasteiger partial charge in [0, 0.05) is 6.54 Å². The lowest BCUT2D eigenvalue weighted by Crippen LogP contribution is -2.30. The fourth-order valence-electron chi connectivity index (χ4n) is 2.52. The molecule has 1 aromatic carbocycles. The largest absolute Gasteiger partial charge is 0.465 e. The second-order valence-corrected chi connectivity index (χ2v) is 6.91. The van der Waals surface area contributed by atoms with E-state index < -0.39 is 16.0 Å². The quantitative estimate of drug-likeness (QED) is 0.788. The highest BCUT2D eigenvalue weighted by atomic mass is 32.2. The Morgan fingerprint density at radius 1 is 1.38 bits per heavy atom. The number of methoxy groups -OCH3 is 1. The molecule has 1 aliphatic rings. The fourth-order valence-corrected chi connectivity index (χ4v) is 3.83. The van der Waals surface area contributed by atoms with E-state index in [1.807, 2.05) is 0 Å². The van der Waals surface area contributed by atoms with Crippen LogP contribution in [-0.2, 0) is 14.8 Å². The molecule has 0 radical (unpaired) electrons. The van der Waals surface area contributed by atoms with E-state index in [4.69, 9.17) is 0 Å². The van der Waals surface area contributed by atoms with Crippen molar-refractivity contribution in [2.24, 2.45) is 5.92 Å². The minimum Gasteiger partial charge on any atom is -0.465 e. The van der Waals surface area contributed by atoms with Gasteiger partial charge in [0.2, 0.25) is 10.0 Å². The van der Waals surface area contributed by atoms with Gasteiger partial charge in [0.15, 0.2) is 0 Å². The molecule has 6 nitrogen and oxygen atoms in total. The maximum Gasteiger partial charge on any atom is 0.339 e. The SMILES string of the molecule is COC(=O)c1ccccc1S(=O)(=O)NCC1CCC(O)C1. The van der Waals surface area contributed by atoms with Crippen molar-refractivity contribution in [2.75, 3.05) is 13.7 Å². The summed E-state index contributed by atoms with van der Waals surface area (Å²) in [6, 6.07) is 5.93. The Kier molecular flexibility index (Phi) is 4.97. The molecule has 2 N–H and O–H groups in total. The number of carbonyl (C=O) groups is 1. The van der Waals surface area contributed by atoms with Gasteiger partial charge >= 0.3 is 5.97 Å². The van der Waals surface area contributed by atoms with E-state index in [0.717, 1.165) is 6.42 Å². The van der Waals surface area contributed by atoms with Crippen LogP contribution in [0.4, 0.5) is 0 Å². The number of aliphatic hydroxyl groups excluding tert-OH is 1. The Labute approximate surface area is 124 Å². The van der Waals surface area contributed by atoms with Crippen LogP contribution < -0.4 is 4.72 Å². The number of ether oxygens (including phenoxy) is 1. The van der Waals surface area contributed by atoms with Crippen LogP contribution in [0.1, 0.15) is 29.6 Å². The minimum absolute atomic E-state index is 0.0129. The van der Waals surface area contributed by atoms with Gasteiger partial charge in [0.05, 0.1) is 23.7 Å². The van der Waals surface area contributed by atoms with Crippen molar-refractivity contribution >= 4 is 16.0 Å². The third kappa shape index (κ3) is 3.81. The molecule has 0 bridgehead atoms. The topological polar surface area (TPSA) is 92.7 Å². The summed E-state index contributed by atoms with van der Waals surface area (Å²) in [5.41, 5.74) is 0.0129. The van der Waals surface area contributed by atoms with E-state index in [9.17, 15) is 18.3 Å².